The molecule has 0 aliphatic carbocycles. The smallest absolute Gasteiger partial charge is 0.316 e. The molecular weight excluding hydrogens is 279 g/mol. The molecule has 0 fully saturated rings. The Hall–Kier alpha value is -1.08. The van der Waals surface area contributed by atoms with E-state index in [4.69, 9.17) is 0 Å². The maximum atomic E-state index is 12.5. The molecule has 0 amide bonds. The van der Waals surface area contributed by atoms with Gasteiger partial charge in [0.25, 0.3) is 0 Å². The van der Waals surface area contributed by atoms with Gasteiger partial charge in [-0.3, -0.25) is 0 Å². The highest BCUT2D eigenvalue weighted by Crippen LogP contribution is 2.29. The molecule has 1 rings (SSSR count). The summed E-state index contributed by atoms with van der Waals surface area (Å²) in [6.07, 6.45) is -3.06. The van der Waals surface area contributed by atoms with Gasteiger partial charge >= 0.3 is 6.18 Å². The van der Waals surface area contributed by atoms with Crippen molar-refractivity contribution < 1.29 is 21.6 Å². The molecule has 0 aliphatic heterocycles. The van der Waals surface area contributed by atoms with Gasteiger partial charge in [-0.25, -0.2) is 8.42 Å². The average Bonchev–Trinajstić information content (AvgIpc) is 2.25. The van der Waals surface area contributed by atoms with E-state index in [0.29, 0.717) is 5.56 Å². The van der Waals surface area contributed by atoms with Crippen LogP contribution in [0.2, 0.25) is 0 Å². The lowest BCUT2D eigenvalue weighted by atomic mass is 10.0. The van der Waals surface area contributed by atoms with E-state index in [1.165, 1.54) is 6.07 Å². The Kier molecular flexibility index (Phi) is 4.98. The van der Waals surface area contributed by atoms with Gasteiger partial charge in [-0.15, -0.1) is 0 Å². The highest BCUT2D eigenvalue weighted by molar-refractivity contribution is 7.90. The van der Waals surface area contributed by atoms with Gasteiger partial charge in [-0.2, -0.15) is 13.2 Å². The molecule has 3 nitrogen and oxygen atoms in total. The minimum atomic E-state index is -4.39. The highest BCUT2D eigenvalue weighted by Gasteiger charge is 2.30. The van der Waals surface area contributed by atoms with Gasteiger partial charge in [0.05, 0.1) is 11.3 Å². The summed E-state index contributed by atoms with van der Waals surface area (Å²) in [5.74, 6) is -0.111. The molecule has 0 saturated heterocycles. The number of hydrogen-bond donors (Lipinski definition) is 1. The van der Waals surface area contributed by atoms with Gasteiger partial charge in [0.2, 0.25) is 0 Å². The van der Waals surface area contributed by atoms with Crippen molar-refractivity contribution in [1.29, 1.82) is 0 Å². The second-order valence-electron chi connectivity index (χ2n) is 4.48. The van der Waals surface area contributed by atoms with Gasteiger partial charge in [0.1, 0.15) is 9.84 Å². The molecule has 7 heteroatoms. The van der Waals surface area contributed by atoms with E-state index in [2.05, 4.69) is 5.32 Å². The molecule has 1 atom stereocenters. The van der Waals surface area contributed by atoms with Crippen LogP contribution in [-0.2, 0) is 22.4 Å². The van der Waals surface area contributed by atoms with Crippen molar-refractivity contribution in [2.45, 2.75) is 18.6 Å². The van der Waals surface area contributed by atoms with E-state index < -0.39 is 27.6 Å². The molecule has 1 aromatic carbocycles. The summed E-state index contributed by atoms with van der Waals surface area (Å²) < 4.78 is 60.0. The van der Waals surface area contributed by atoms with Crippen LogP contribution in [0, 0.1) is 0 Å². The first-order valence-electron chi connectivity index (χ1n) is 5.63. The maximum Gasteiger partial charge on any atom is 0.416 e. The minimum Gasteiger partial charge on any atom is -0.316 e. The van der Waals surface area contributed by atoms with E-state index in [1.54, 1.807) is 13.1 Å². The van der Waals surface area contributed by atoms with Crippen LogP contribution >= 0.6 is 0 Å². The van der Waals surface area contributed by atoms with Crippen molar-refractivity contribution in [3.8, 4) is 0 Å². The fraction of sp³-hybridized carbons (Fsp3) is 0.500. The maximum absolute atomic E-state index is 12.5. The summed E-state index contributed by atoms with van der Waals surface area (Å²) in [7, 11) is -1.59. The molecule has 1 aromatic rings. The third kappa shape index (κ3) is 5.61. The van der Waals surface area contributed by atoms with Gasteiger partial charge in [0, 0.05) is 12.3 Å². The Morgan fingerprint density at radius 2 is 1.95 bits per heavy atom. The number of sulfone groups is 1. The predicted molar refractivity (Wildman–Crippen MR) is 67.7 cm³/mol. The zero-order valence-electron chi connectivity index (χ0n) is 10.7. The predicted octanol–water partition coefficient (Wildman–Crippen LogP) is 1.88. The Labute approximate surface area is 110 Å². The Morgan fingerprint density at radius 1 is 1.32 bits per heavy atom. The molecule has 19 heavy (non-hydrogen) atoms. The van der Waals surface area contributed by atoms with Crippen molar-refractivity contribution in [2.75, 3.05) is 19.1 Å². The monoisotopic (exact) mass is 295 g/mol. The summed E-state index contributed by atoms with van der Waals surface area (Å²) in [5.41, 5.74) is -0.267. The van der Waals surface area contributed by atoms with Crippen LogP contribution in [0.15, 0.2) is 24.3 Å². The van der Waals surface area contributed by atoms with Crippen LogP contribution in [0.1, 0.15) is 11.1 Å². The van der Waals surface area contributed by atoms with Crippen LogP contribution in [0.25, 0.3) is 0 Å². The highest BCUT2D eigenvalue weighted by atomic mass is 32.2. The second kappa shape index (κ2) is 5.92. The SMILES string of the molecule is CNC(Cc1cccc(C(F)(F)F)c1)CS(C)(=O)=O. The van der Waals surface area contributed by atoms with Crippen molar-refractivity contribution in [3.63, 3.8) is 0 Å². The fourth-order valence-corrected chi connectivity index (χ4v) is 2.78. The summed E-state index contributed by atoms with van der Waals surface area (Å²) in [4.78, 5) is 0. The lowest BCUT2D eigenvalue weighted by molar-refractivity contribution is -0.137. The lowest BCUT2D eigenvalue weighted by Gasteiger charge is -2.16. The third-order valence-electron chi connectivity index (χ3n) is 2.65. The van der Waals surface area contributed by atoms with Gasteiger partial charge in [0.15, 0.2) is 0 Å². The minimum absolute atomic E-state index is 0.111. The Bertz CT molecular complexity index is 526. The van der Waals surface area contributed by atoms with Gasteiger partial charge in [-0.1, -0.05) is 18.2 Å². The van der Waals surface area contributed by atoms with E-state index >= 15 is 0 Å². The summed E-state index contributed by atoms with van der Waals surface area (Å²) in [6.45, 7) is 0. The number of halogens is 3. The summed E-state index contributed by atoms with van der Waals surface area (Å²) >= 11 is 0. The van der Waals surface area contributed by atoms with Crippen molar-refractivity contribution in [2.24, 2.45) is 0 Å². The number of benzene rings is 1. The van der Waals surface area contributed by atoms with Crippen molar-refractivity contribution in [3.05, 3.63) is 35.4 Å². The molecule has 1 unspecified atom stereocenters. The molecule has 0 saturated carbocycles. The molecule has 1 N–H and O–H groups in total. The Balaban J connectivity index is 2.86. The molecular formula is C12H16F3NO2S. The van der Waals surface area contributed by atoms with Gasteiger partial charge < -0.3 is 5.32 Å². The van der Waals surface area contributed by atoms with Crippen molar-refractivity contribution in [1.82, 2.24) is 5.32 Å². The first-order chi connectivity index (χ1) is 8.62. The Morgan fingerprint density at radius 3 is 2.42 bits per heavy atom. The first-order valence-corrected chi connectivity index (χ1v) is 7.69. The molecule has 0 aromatic heterocycles. The first kappa shape index (κ1) is 16.0. The van der Waals surface area contributed by atoms with Crippen LogP contribution in [-0.4, -0.2) is 33.5 Å². The standard InChI is InChI=1S/C12H16F3NO2S/c1-16-11(8-19(2,17)18)7-9-4-3-5-10(6-9)12(13,14)15/h3-6,11,16H,7-8H2,1-2H3. The normalized spacial score (nSPS) is 14.4. The molecule has 0 heterocycles. The van der Waals surface area contributed by atoms with E-state index in [0.717, 1.165) is 18.4 Å². The van der Waals surface area contributed by atoms with Crippen LogP contribution < -0.4 is 5.32 Å². The molecule has 0 spiro atoms. The molecule has 0 bridgehead atoms. The van der Waals surface area contributed by atoms with E-state index in [-0.39, 0.29) is 12.2 Å². The third-order valence-corrected chi connectivity index (χ3v) is 3.66. The summed E-state index contributed by atoms with van der Waals surface area (Å²) in [6, 6.07) is 4.52. The second-order valence-corrected chi connectivity index (χ2v) is 6.67. The number of likely N-dealkylation sites (N-methyl/N-ethyl adjacent to an activating group) is 1. The van der Waals surface area contributed by atoms with Crippen LogP contribution in [0.5, 0.6) is 0 Å². The number of rotatable bonds is 5. The van der Waals surface area contributed by atoms with E-state index in [1.807, 2.05) is 0 Å². The fourth-order valence-electron chi connectivity index (χ4n) is 1.77. The van der Waals surface area contributed by atoms with Crippen LogP contribution in [0.3, 0.4) is 0 Å². The number of alkyl halides is 3. The van der Waals surface area contributed by atoms with Crippen LogP contribution in [0.4, 0.5) is 13.2 Å². The molecule has 0 aliphatic rings. The quantitative estimate of drug-likeness (QED) is 0.902. The lowest BCUT2D eigenvalue weighted by Crippen LogP contribution is -2.34. The zero-order chi connectivity index (χ0) is 14.7. The van der Waals surface area contributed by atoms with Gasteiger partial charge in [-0.05, 0) is 25.1 Å². The van der Waals surface area contributed by atoms with E-state index in [9.17, 15) is 21.6 Å². The number of hydrogen-bond acceptors (Lipinski definition) is 3. The number of nitrogens with one attached hydrogen (secondary N) is 1. The zero-order valence-corrected chi connectivity index (χ0v) is 11.5. The largest absolute Gasteiger partial charge is 0.416 e. The topological polar surface area (TPSA) is 46.2 Å². The average molecular weight is 295 g/mol. The molecule has 108 valence electrons. The molecule has 0 radical (unpaired) electrons. The summed E-state index contributed by atoms with van der Waals surface area (Å²) in [5, 5.41) is 2.80. The van der Waals surface area contributed by atoms with Crippen molar-refractivity contribution >= 4 is 9.84 Å².